The Balaban J connectivity index is 1.29. The van der Waals surface area contributed by atoms with Gasteiger partial charge in [-0.2, -0.15) is 0 Å². The van der Waals surface area contributed by atoms with Crippen LogP contribution in [-0.4, -0.2) is 64.0 Å². The fourth-order valence-electron chi connectivity index (χ4n) is 4.99. The number of hydrogen-bond donors (Lipinski definition) is 0. The molecule has 2 aromatic heterocycles. The molecule has 0 bridgehead atoms. The minimum Gasteiger partial charge on any atom is -0.354 e. The van der Waals surface area contributed by atoms with Crippen LogP contribution in [0.4, 0.5) is 5.82 Å². The Bertz CT molecular complexity index is 856. The molecule has 0 spiro atoms. The maximum atomic E-state index is 4.76. The van der Waals surface area contributed by atoms with Crippen molar-refractivity contribution in [3.05, 3.63) is 47.2 Å². The lowest BCUT2D eigenvalue weighted by Gasteiger charge is -2.36. The van der Waals surface area contributed by atoms with Crippen molar-refractivity contribution in [2.45, 2.75) is 57.7 Å². The lowest BCUT2D eigenvalue weighted by Crippen LogP contribution is -2.47. The number of aromatic nitrogens is 3. The van der Waals surface area contributed by atoms with Gasteiger partial charge < -0.3 is 4.90 Å². The first kappa shape index (κ1) is 18.9. The molecule has 1 saturated carbocycles. The smallest absolute Gasteiger partial charge is 0.132 e. The van der Waals surface area contributed by atoms with Gasteiger partial charge >= 0.3 is 0 Å². The zero-order valence-corrected chi connectivity index (χ0v) is 17.7. The number of hydrogen-bond acceptors (Lipinski definition) is 6. The molecule has 6 nitrogen and oxygen atoms in total. The summed E-state index contributed by atoms with van der Waals surface area (Å²) in [4.78, 5) is 21.7. The summed E-state index contributed by atoms with van der Waals surface area (Å²) in [5.41, 5.74) is 3.77. The molecule has 2 aliphatic carbocycles. The molecule has 0 amide bonds. The molecular weight excluding hydrogens is 360 g/mol. The number of nitrogens with zero attached hydrogens (tertiary/aromatic N) is 6. The van der Waals surface area contributed by atoms with E-state index in [1.807, 2.05) is 13.1 Å². The molecular formula is C23H32N6. The summed E-state index contributed by atoms with van der Waals surface area (Å²) >= 11 is 0. The van der Waals surface area contributed by atoms with E-state index in [4.69, 9.17) is 15.0 Å². The monoisotopic (exact) mass is 392 g/mol. The second kappa shape index (κ2) is 8.00. The van der Waals surface area contributed by atoms with E-state index in [0.29, 0.717) is 6.04 Å². The van der Waals surface area contributed by atoms with Gasteiger partial charge in [0.2, 0.25) is 0 Å². The van der Waals surface area contributed by atoms with E-state index in [-0.39, 0.29) is 0 Å². The van der Waals surface area contributed by atoms with Crippen LogP contribution >= 0.6 is 0 Å². The normalized spacial score (nSPS) is 22.7. The molecule has 5 rings (SSSR count). The first-order valence-corrected chi connectivity index (χ1v) is 11.1. The Labute approximate surface area is 174 Å². The molecule has 0 N–H and O–H groups in total. The average molecular weight is 393 g/mol. The number of fused-ring (bicyclic) bond motifs is 1. The Kier molecular flexibility index (Phi) is 5.22. The van der Waals surface area contributed by atoms with Crippen LogP contribution < -0.4 is 4.90 Å². The van der Waals surface area contributed by atoms with Crippen LogP contribution in [-0.2, 0) is 13.0 Å². The third kappa shape index (κ3) is 4.14. The molecule has 0 aromatic carbocycles. The summed E-state index contributed by atoms with van der Waals surface area (Å²) < 4.78 is 0. The Hall–Kier alpha value is -2.05. The lowest BCUT2D eigenvalue weighted by molar-refractivity contribution is 0.206. The van der Waals surface area contributed by atoms with Gasteiger partial charge in [0, 0.05) is 51.0 Å². The van der Waals surface area contributed by atoms with Crippen molar-refractivity contribution in [1.82, 2.24) is 24.8 Å². The van der Waals surface area contributed by atoms with Gasteiger partial charge in [0.25, 0.3) is 0 Å². The van der Waals surface area contributed by atoms with Crippen molar-refractivity contribution in [3.63, 3.8) is 0 Å². The van der Waals surface area contributed by atoms with E-state index in [9.17, 15) is 0 Å². The van der Waals surface area contributed by atoms with Gasteiger partial charge in [-0.05, 0) is 57.7 Å². The molecule has 6 heteroatoms. The predicted molar refractivity (Wildman–Crippen MR) is 115 cm³/mol. The van der Waals surface area contributed by atoms with Crippen LogP contribution in [0.15, 0.2) is 24.4 Å². The molecule has 2 aromatic rings. The van der Waals surface area contributed by atoms with Crippen LogP contribution in [0.25, 0.3) is 0 Å². The highest BCUT2D eigenvalue weighted by molar-refractivity contribution is 5.40. The van der Waals surface area contributed by atoms with Crippen LogP contribution in [0, 0.1) is 6.92 Å². The van der Waals surface area contributed by atoms with Gasteiger partial charge in [-0.3, -0.25) is 14.8 Å². The van der Waals surface area contributed by atoms with Crippen LogP contribution in [0.5, 0.6) is 0 Å². The molecule has 3 aliphatic rings. The highest BCUT2D eigenvalue weighted by Crippen LogP contribution is 2.33. The Morgan fingerprint density at radius 2 is 1.93 bits per heavy atom. The van der Waals surface area contributed by atoms with Gasteiger partial charge in [-0.15, -0.1) is 0 Å². The van der Waals surface area contributed by atoms with E-state index in [1.54, 1.807) is 0 Å². The minimum absolute atomic E-state index is 0.376. The third-order valence-electron chi connectivity index (χ3n) is 6.69. The predicted octanol–water partition coefficient (Wildman–Crippen LogP) is 2.97. The summed E-state index contributed by atoms with van der Waals surface area (Å²) in [6, 6.07) is 7.74. The highest BCUT2D eigenvalue weighted by atomic mass is 15.3. The van der Waals surface area contributed by atoms with Gasteiger partial charge in [0.15, 0.2) is 0 Å². The number of rotatable bonds is 5. The van der Waals surface area contributed by atoms with Crippen LogP contribution in [0.3, 0.4) is 0 Å². The van der Waals surface area contributed by atoms with E-state index in [0.717, 1.165) is 62.5 Å². The molecule has 1 saturated heterocycles. The average Bonchev–Trinajstić information content (AvgIpc) is 3.58. The topological polar surface area (TPSA) is 48.4 Å². The van der Waals surface area contributed by atoms with E-state index >= 15 is 0 Å². The summed E-state index contributed by atoms with van der Waals surface area (Å²) in [7, 11) is 2.21. The first-order chi connectivity index (χ1) is 14.2. The first-order valence-electron chi connectivity index (χ1n) is 11.1. The van der Waals surface area contributed by atoms with Crippen LogP contribution in [0.1, 0.15) is 54.5 Å². The molecule has 0 unspecified atom stereocenters. The summed E-state index contributed by atoms with van der Waals surface area (Å²) in [6.45, 7) is 7.31. The number of pyridine rings is 1. The van der Waals surface area contributed by atoms with Crippen molar-refractivity contribution in [2.75, 3.05) is 38.1 Å². The maximum absolute atomic E-state index is 4.76. The molecule has 1 aliphatic heterocycles. The highest BCUT2D eigenvalue weighted by Gasteiger charge is 2.31. The van der Waals surface area contributed by atoms with Crippen molar-refractivity contribution in [3.8, 4) is 0 Å². The SMILES string of the molecule is Cc1nc(CN(C)[C@H]2CCCc3cccnc32)cc(N2CCN(C3CC3)CC2)n1. The van der Waals surface area contributed by atoms with Crippen molar-refractivity contribution >= 4 is 5.82 Å². The number of aryl methyl sites for hydroxylation is 2. The minimum atomic E-state index is 0.376. The lowest BCUT2D eigenvalue weighted by atomic mass is 9.91. The second-order valence-electron chi connectivity index (χ2n) is 8.89. The molecule has 1 atom stereocenters. The van der Waals surface area contributed by atoms with Crippen LogP contribution in [0.2, 0.25) is 0 Å². The Morgan fingerprint density at radius 3 is 2.72 bits per heavy atom. The van der Waals surface area contributed by atoms with Gasteiger partial charge in [0.05, 0.1) is 17.4 Å². The fraction of sp³-hybridized carbons (Fsp3) is 0.609. The zero-order chi connectivity index (χ0) is 19.8. The fourth-order valence-corrected chi connectivity index (χ4v) is 4.99. The summed E-state index contributed by atoms with van der Waals surface area (Å²) in [5.74, 6) is 1.97. The molecule has 154 valence electrons. The summed E-state index contributed by atoms with van der Waals surface area (Å²) in [5, 5.41) is 0. The van der Waals surface area contributed by atoms with E-state index < -0.39 is 0 Å². The largest absolute Gasteiger partial charge is 0.354 e. The van der Waals surface area contributed by atoms with Crippen molar-refractivity contribution < 1.29 is 0 Å². The second-order valence-corrected chi connectivity index (χ2v) is 8.89. The van der Waals surface area contributed by atoms with Crippen molar-refractivity contribution in [1.29, 1.82) is 0 Å². The molecule has 29 heavy (non-hydrogen) atoms. The van der Waals surface area contributed by atoms with Gasteiger partial charge in [-0.1, -0.05) is 6.07 Å². The van der Waals surface area contributed by atoms with Crippen molar-refractivity contribution in [2.24, 2.45) is 0 Å². The third-order valence-corrected chi connectivity index (χ3v) is 6.69. The quantitative estimate of drug-likeness (QED) is 0.780. The maximum Gasteiger partial charge on any atom is 0.132 e. The van der Waals surface area contributed by atoms with Gasteiger partial charge in [-0.25, -0.2) is 9.97 Å². The Morgan fingerprint density at radius 1 is 1.10 bits per heavy atom. The molecule has 3 heterocycles. The van der Waals surface area contributed by atoms with E-state index in [2.05, 4.69) is 39.9 Å². The molecule has 0 radical (unpaired) electrons. The van der Waals surface area contributed by atoms with Gasteiger partial charge in [0.1, 0.15) is 11.6 Å². The van der Waals surface area contributed by atoms with E-state index in [1.165, 1.54) is 36.9 Å². The zero-order valence-electron chi connectivity index (χ0n) is 17.7. The summed E-state index contributed by atoms with van der Waals surface area (Å²) in [6.07, 6.45) is 8.26. The number of piperazine rings is 1. The number of anilines is 1. The standard InChI is InChI=1S/C23H32N6/c1-17-25-19(15-22(26-17)29-13-11-28(12-14-29)20-8-9-20)16-27(2)21-7-3-5-18-6-4-10-24-23(18)21/h4,6,10,15,20-21H,3,5,7-9,11-14,16H2,1-2H3/t21-/m0/s1. The molecule has 2 fully saturated rings.